The predicted octanol–water partition coefficient (Wildman–Crippen LogP) is 1.95. The van der Waals surface area contributed by atoms with E-state index in [2.05, 4.69) is 15.4 Å². The van der Waals surface area contributed by atoms with Gasteiger partial charge >= 0.3 is 0 Å². The van der Waals surface area contributed by atoms with Crippen molar-refractivity contribution in [3.05, 3.63) is 40.8 Å². The molecule has 0 radical (unpaired) electrons. The Bertz CT molecular complexity index is 492. The third-order valence-corrected chi connectivity index (χ3v) is 2.57. The molecule has 2 heterocycles. The standard InChI is InChI=1S/C11H13ClN4/c1-8-4-15-16(7-8)11-3-9(5-13-2)10(12)6-14-11/h3-4,6-7,13H,5H2,1-2H3. The van der Waals surface area contributed by atoms with Gasteiger partial charge < -0.3 is 5.32 Å². The molecular weight excluding hydrogens is 224 g/mol. The third kappa shape index (κ3) is 2.23. The molecule has 0 aliphatic heterocycles. The van der Waals surface area contributed by atoms with E-state index in [9.17, 15) is 0 Å². The van der Waals surface area contributed by atoms with Crippen molar-refractivity contribution in [2.24, 2.45) is 0 Å². The zero-order valence-electron chi connectivity index (χ0n) is 9.24. The molecule has 0 aromatic carbocycles. The summed E-state index contributed by atoms with van der Waals surface area (Å²) < 4.78 is 1.74. The smallest absolute Gasteiger partial charge is 0.153 e. The summed E-state index contributed by atoms with van der Waals surface area (Å²) in [7, 11) is 1.88. The summed E-state index contributed by atoms with van der Waals surface area (Å²) in [6, 6.07) is 1.94. The van der Waals surface area contributed by atoms with Gasteiger partial charge in [0.25, 0.3) is 0 Å². The highest BCUT2D eigenvalue weighted by molar-refractivity contribution is 6.31. The highest BCUT2D eigenvalue weighted by Crippen LogP contribution is 2.17. The Labute approximate surface area is 99.3 Å². The Hall–Kier alpha value is -1.39. The van der Waals surface area contributed by atoms with E-state index in [1.165, 1.54) is 0 Å². The number of halogens is 1. The summed E-state index contributed by atoms with van der Waals surface area (Å²) in [6.07, 6.45) is 5.38. The molecule has 0 saturated heterocycles. The first kappa shape index (κ1) is 11.1. The van der Waals surface area contributed by atoms with Crippen molar-refractivity contribution in [1.82, 2.24) is 20.1 Å². The number of aromatic nitrogens is 3. The highest BCUT2D eigenvalue weighted by Gasteiger charge is 2.05. The van der Waals surface area contributed by atoms with Crippen LogP contribution >= 0.6 is 11.6 Å². The molecule has 0 aliphatic rings. The molecule has 0 amide bonds. The molecule has 0 saturated carbocycles. The minimum absolute atomic E-state index is 0.668. The largest absolute Gasteiger partial charge is 0.316 e. The number of rotatable bonds is 3. The second-order valence-corrected chi connectivity index (χ2v) is 4.03. The number of aryl methyl sites for hydroxylation is 1. The summed E-state index contributed by atoms with van der Waals surface area (Å²) in [5, 5.41) is 7.94. The van der Waals surface area contributed by atoms with E-state index in [1.807, 2.05) is 26.2 Å². The molecule has 1 N–H and O–H groups in total. The zero-order chi connectivity index (χ0) is 11.5. The topological polar surface area (TPSA) is 42.7 Å². The number of nitrogens with zero attached hydrogens (tertiary/aromatic N) is 3. The number of hydrogen-bond acceptors (Lipinski definition) is 3. The zero-order valence-corrected chi connectivity index (χ0v) is 9.99. The quantitative estimate of drug-likeness (QED) is 0.886. The van der Waals surface area contributed by atoms with Crippen molar-refractivity contribution < 1.29 is 0 Å². The molecule has 16 heavy (non-hydrogen) atoms. The second kappa shape index (κ2) is 4.63. The molecular formula is C11H13ClN4. The molecule has 5 heteroatoms. The summed E-state index contributed by atoms with van der Waals surface area (Å²) in [6.45, 7) is 2.71. The molecule has 0 fully saturated rings. The molecule has 0 spiro atoms. The van der Waals surface area contributed by atoms with Gasteiger partial charge in [0.15, 0.2) is 5.82 Å². The lowest BCUT2D eigenvalue weighted by atomic mass is 10.2. The first-order chi connectivity index (χ1) is 7.70. The maximum absolute atomic E-state index is 6.04. The Morgan fingerprint density at radius 1 is 1.44 bits per heavy atom. The van der Waals surface area contributed by atoms with Crippen molar-refractivity contribution in [2.45, 2.75) is 13.5 Å². The van der Waals surface area contributed by atoms with Gasteiger partial charge in [0.1, 0.15) is 0 Å². The van der Waals surface area contributed by atoms with Gasteiger partial charge in [-0.05, 0) is 31.2 Å². The lowest BCUT2D eigenvalue weighted by Gasteiger charge is -2.06. The van der Waals surface area contributed by atoms with Gasteiger partial charge in [-0.3, -0.25) is 0 Å². The third-order valence-electron chi connectivity index (χ3n) is 2.23. The summed E-state index contributed by atoms with van der Waals surface area (Å²) in [4.78, 5) is 4.25. The Kier molecular flexibility index (Phi) is 3.22. The van der Waals surface area contributed by atoms with Gasteiger partial charge in [0.05, 0.1) is 11.2 Å². The minimum atomic E-state index is 0.668. The lowest BCUT2D eigenvalue weighted by molar-refractivity contribution is 0.801. The Balaban J connectivity index is 2.39. The predicted molar refractivity (Wildman–Crippen MR) is 63.9 cm³/mol. The molecule has 0 unspecified atom stereocenters. The van der Waals surface area contributed by atoms with E-state index >= 15 is 0 Å². The first-order valence-electron chi connectivity index (χ1n) is 5.01. The van der Waals surface area contributed by atoms with Gasteiger partial charge in [-0.25, -0.2) is 9.67 Å². The van der Waals surface area contributed by atoms with Gasteiger partial charge in [-0.1, -0.05) is 11.6 Å². The van der Waals surface area contributed by atoms with Crippen molar-refractivity contribution in [2.75, 3.05) is 7.05 Å². The van der Waals surface area contributed by atoms with E-state index in [0.717, 1.165) is 16.9 Å². The van der Waals surface area contributed by atoms with Gasteiger partial charge in [-0.2, -0.15) is 5.10 Å². The van der Waals surface area contributed by atoms with Crippen molar-refractivity contribution in [3.8, 4) is 5.82 Å². The molecule has 2 aromatic heterocycles. The SMILES string of the molecule is CNCc1cc(-n2cc(C)cn2)ncc1Cl. The van der Waals surface area contributed by atoms with Crippen LogP contribution in [0.15, 0.2) is 24.7 Å². The molecule has 2 rings (SSSR count). The van der Waals surface area contributed by atoms with Crippen LogP contribution in [-0.4, -0.2) is 21.8 Å². The van der Waals surface area contributed by atoms with Crippen molar-refractivity contribution >= 4 is 11.6 Å². The monoisotopic (exact) mass is 236 g/mol. The van der Waals surface area contributed by atoms with Crippen LogP contribution in [0.4, 0.5) is 0 Å². The van der Waals surface area contributed by atoms with Crippen LogP contribution in [0, 0.1) is 6.92 Å². The number of pyridine rings is 1. The van der Waals surface area contributed by atoms with Gasteiger partial charge in [0.2, 0.25) is 0 Å². The maximum atomic E-state index is 6.04. The Morgan fingerprint density at radius 2 is 2.25 bits per heavy atom. The molecule has 2 aromatic rings. The van der Waals surface area contributed by atoms with Crippen LogP contribution in [0.2, 0.25) is 5.02 Å². The normalized spacial score (nSPS) is 10.7. The van der Waals surface area contributed by atoms with Crippen LogP contribution in [0.25, 0.3) is 5.82 Å². The van der Waals surface area contributed by atoms with Crippen LogP contribution in [-0.2, 0) is 6.54 Å². The second-order valence-electron chi connectivity index (χ2n) is 3.63. The van der Waals surface area contributed by atoms with Gasteiger partial charge in [0, 0.05) is 18.9 Å². The molecule has 0 bridgehead atoms. The molecule has 0 aliphatic carbocycles. The Morgan fingerprint density at radius 3 is 2.88 bits per heavy atom. The highest BCUT2D eigenvalue weighted by atomic mass is 35.5. The van der Waals surface area contributed by atoms with E-state index in [-0.39, 0.29) is 0 Å². The van der Waals surface area contributed by atoms with E-state index < -0.39 is 0 Å². The number of hydrogen-bond donors (Lipinski definition) is 1. The van der Waals surface area contributed by atoms with Crippen molar-refractivity contribution in [3.63, 3.8) is 0 Å². The fraction of sp³-hybridized carbons (Fsp3) is 0.273. The summed E-state index contributed by atoms with van der Waals surface area (Å²) >= 11 is 6.04. The van der Waals surface area contributed by atoms with Crippen LogP contribution in [0.5, 0.6) is 0 Å². The molecule has 84 valence electrons. The summed E-state index contributed by atoms with van der Waals surface area (Å²) in [5.74, 6) is 0.780. The van der Waals surface area contributed by atoms with Crippen LogP contribution in [0.1, 0.15) is 11.1 Å². The molecule has 0 atom stereocenters. The summed E-state index contributed by atoms with van der Waals surface area (Å²) in [5.41, 5.74) is 2.12. The van der Waals surface area contributed by atoms with Crippen LogP contribution in [0.3, 0.4) is 0 Å². The molecule has 4 nitrogen and oxygen atoms in total. The fourth-order valence-electron chi connectivity index (χ4n) is 1.46. The van der Waals surface area contributed by atoms with Crippen molar-refractivity contribution in [1.29, 1.82) is 0 Å². The van der Waals surface area contributed by atoms with E-state index in [4.69, 9.17) is 11.6 Å². The lowest BCUT2D eigenvalue weighted by Crippen LogP contribution is -2.07. The fourth-order valence-corrected chi connectivity index (χ4v) is 1.63. The average Bonchev–Trinajstić information content (AvgIpc) is 2.69. The van der Waals surface area contributed by atoms with E-state index in [0.29, 0.717) is 11.6 Å². The van der Waals surface area contributed by atoms with Crippen LogP contribution < -0.4 is 5.32 Å². The van der Waals surface area contributed by atoms with Gasteiger partial charge in [-0.15, -0.1) is 0 Å². The minimum Gasteiger partial charge on any atom is -0.316 e. The number of nitrogens with one attached hydrogen (secondary N) is 1. The average molecular weight is 237 g/mol. The van der Waals surface area contributed by atoms with E-state index in [1.54, 1.807) is 17.1 Å². The first-order valence-corrected chi connectivity index (χ1v) is 5.39. The maximum Gasteiger partial charge on any atom is 0.153 e.